The van der Waals surface area contributed by atoms with Gasteiger partial charge in [0.15, 0.2) is 0 Å². The number of aryl methyl sites for hydroxylation is 1. The minimum Gasteiger partial charge on any atom is -0.319 e. The summed E-state index contributed by atoms with van der Waals surface area (Å²) in [5.74, 6) is 0. The van der Waals surface area contributed by atoms with E-state index in [1.54, 1.807) is 32.0 Å². The lowest BCUT2D eigenvalue weighted by molar-refractivity contribution is 0.102. The smallest absolute Gasteiger partial charge is 0.319 e. The van der Waals surface area contributed by atoms with Crippen molar-refractivity contribution in [3.05, 3.63) is 35.4 Å². The summed E-state index contributed by atoms with van der Waals surface area (Å²) < 4.78 is 16.3. The average molecular weight is 242 g/mol. The van der Waals surface area contributed by atoms with E-state index in [1.807, 2.05) is 0 Å². The molecule has 0 radical (unpaired) electrons. The zero-order valence-electron chi connectivity index (χ0n) is 9.34. The van der Waals surface area contributed by atoms with Crippen molar-refractivity contribution in [2.24, 2.45) is 0 Å². The van der Waals surface area contributed by atoms with Gasteiger partial charge in [-0.05, 0) is 18.9 Å². The summed E-state index contributed by atoms with van der Waals surface area (Å²) in [6.07, 6.45) is 0.589. The van der Waals surface area contributed by atoms with Crippen molar-refractivity contribution in [3.8, 4) is 0 Å². The van der Waals surface area contributed by atoms with Crippen LogP contribution in [0.4, 0.5) is 0 Å². The summed E-state index contributed by atoms with van der Waals surface area (Å²) in [4.78, 5) is 21.2. The Labute approximate surface area is 94.8 Å². The van der Waals surface area contributed by atoms with E-state index < -0.39 is 13.1 Å². The molecule has 1 rings (SSSR count). The monoisotopic (exact) mass is 242 g/mol. The maximum absolute atomic E-state index is 11.8. The van der Waals surface area contributed by atoms with Gasteiger partial charge in [-0.1, -0.05) is 31.2 Å². The Morgan fingerprint density at radius 2 is 2.06 bits per heavy atom. The predicted molar refractivity (Wildman–Crippen MR) is 61.6 cm³/mol. The number of hydrogen-bond acceptors (Lipinski definition) is 3. The molecule has 16 heavy (non-hydrogen) atoms. The molecule has 0 saturated carbocycles. The zero-order valence-corrected chi connectivity index (χ0v) is 10.2. The highest BCUT2D eigenvalue weighted by Crippen LogP contribution is 2.45. The van der Waals surface area contributed by atoms with Crippen LogP contribution in [0.5, 0.6) is 0 Å². The van der Waals surface area contributed by atoms with Gasteiger partial charge >= 0.3 is 7.60 Å². The lowest BCUT2D eigenvalue weighted by Crippen LogP contribution is -2.06. The van der Waals surface area contributed by atoms with Crippen LogP contribution in [0, 0.1) is 6.92 Å². The molecule has 0 amide bonds. The molecule has 1 atom stereocenters. The fourth-order valence-corrected chi connectivity index (χ4v) is 2.34. The third-order valence-corrected chi connectivity index (χ3v) is 3.39. The first-order chi connectivity index (χ1) is 7.49. The number of benzene rings is 1. The molecule has 0 aromatic heterocycles. The van der Waals surface area contributed by atoms with Crippen LogP contribution in [0.3, 0.4) is 0 Å². The first-order valence-electron chi connectivity index (χ1n) is 5.07. The summed E-state index contributed by atoms with van der Waals surface area (Å²) in [5, 5.41) is 0. The molecule has 0 bridgehead atoms. The second kappa shape index (κ2) is 5.39. The van der Waals surface area contributed by atoms with E-state index in [9.17, 15) is 14.3 Å². The fourth-order valence-electron chi connectivity index (χ4n) is 1.24. The summed E-state index contributed by atoms with van der Waals surface area (Å²) in [6, 6.07) is 6.66. The molecular weight excluding hydrogens is 227 g/mol. The van der Waals surface area contributed by atoms with Crippen molar-refractivity contribution in [1.29, 1.82) is 0 Å². The molecule has 0 aliphatic carbocycles. The molecule has 1 N–H and O–H groups in total. The quantitative estimate of drug-likeness (QED) is 0.806. The fraction of sp³-hybridized carbons (Fsp3) is 0.364. The van der Waals surface area contributed by atoms with Crippen LogP contribution in [0.2, 0.25) is 0 Å². The van der Waals surface area contributed by atoms with Crippen molar-refractivity contribution < 1.29 is 18.8 Å². The summed E-state index contributed by atoms with van der Waals surface area (Å²) in [7, 11) is -4.19. The van der Waals surface area contributed by atoms with Crippen LogP contribution >= 0.6 is 7.60 Å². The van der Waals surface area contributed by atoms with Gasteiger partial charge in [-0.2, -0.15) is 0 Å². The van der Waals surface area contributed by atoms with Crippen LogP contribution in [-0.2, 0) is 9.09 Å². The average Bonchev–Trinajstić information content (AvgIpc) is 2.26. The molecule has 5 heteroatoms. The lowest BCUT2D eigenvalue weighted by atomic mass is 10.1. The molecule has 0 fully saturated rings. The highest BCUT2D eigenvalue weighted by Gasteiger charge is 2.32. The molecule has 0 spiro atoms. The zero-order chi connectivity index (χ0) is 12.2. The van der Waals surface area contributed by atoms with Crippen LogP contribution in [0.25, 0.3) is 0 Å². The molecular formula is C11H15O4P. The van der Waals surface area contributed by atoms with Crippen molar-refractivity contribution >= 4 is 13.1 Å². The standard InChI is InChI=1S/C11H15O4P/c1-3-8-15-16(13,14)11(12)10-7-5-4-6-9(10)2/h4-7H,3,8H2,1-2H3,(H,13,14). The van der Waals surface area contributed by atoms with Crippen molar-refractivity contribution in [2.75, 3.05) is 6.61 Å². The molecule has 1 unspecified atom stereocenters. The van der Waals surface area contributed by atoms with Crippen LogP contribution in [-0.4, -0.2) is 17.0 Å². The summed E-state index contributed by atoms with van der Waals surface area (Å²) in [6.45, 7) is 3.62. The number of rotatable bonds is 5. The van der Waals surface area contributed by atoms with Gasteiger partial charge in [0.25, 0.3) is 5.52 Å². The Balaban J connectivity index is 2.94. The van der Waals surface area contributed by atoms with Crippen LogP contribution in [0.1, 0.15) is 29.3 Å². The van der Waals surface area contributed by atoms with Gasteiger partial charge in [0.1, 0.15) is 0 Å². The number of carbonyl (C=O) groups is 1. The summed E-state index contributed by atoms with van der Waals surface area (Å²) >= 11 is 0. The van der Waals surface area contributed by atoms with E-state index in [4.69, 9.17) is 4.52 Å². The topological polar surface area (TPSA) is 63.6 Å². The van der Waals surface area contributed by atoms with Gasteiger partial charge < -0.3 is 9.42 Å². The number of carbonyl (C=O) groups excluding carboxylic acids is 1. The van der Waals surface area contributed by atoms with Crippen LogP contribution < -0.4 is 0 Å². The maximum Gasteiger partial charge on any atom is 0.399 e. The first-order valence-corrected chi connectivity index (χ1v) is 6.64. The molecule has 1 aromatic carbocycles. The number of hydrogen-bond donors (Lipinski definition) is 1. The Morgan fingerprint density at radius 1 is 1.44 bits per heavy atom. The molecule has 0 aliphatic rings. The Morgan fingerprint density at radius 3 is 2.62 bits per heavy atom. The van der Waals surface area contributed by atoms with Gasteiger partial charge in [-0.15, -0.1) is 0 Å². The van der Waals surface area contributed by atoms with E-state index in [2.05, 4.69) is 0 Å². The third-order valence-electron chi connectivity index (χ3n) is 2.10. The molecule has 1 aromatic rings. The molecule has 0 aliphatic heterocycles. The maximum atomic E-state index is 11.8. The van der Waals surface area contributed by atoms with Crippen molar-refractivity contribution in [3.63, 3.8) is 0 Å². The first kappa shape index (κ1) is 13.1. The highest BCUT2D eigenvalue weighted by molar-refractivity contribution is 7.71. The Hall–Kier alpha value is -0.960. The van der Waals surface area contributed by atoms with E-state index in [0.717, 1.165) is 0 Å². The van der Waals surface area contributed by atoms with E-state index >= 15 is 0 Å². The minimum atomic E-state index is -4.19. The van der Waals surface area contributed by atoms with Gasteiger partial charge in [-0.25, -0.2) is 0 Å². The SMILES string of the molecule is CCCOP(=O)(O)C(=O)c1ccccc1C. The second-order valence-corrected chi connectivity index (χ2v) is 5.18. The molecule has 4 nitrogen and oxygen atoms in total. The van der Waals surface area contributed by atoms with E-state index in [1.165, 1.54) is 6.07 Å². The highest BCUT2D eigenvalue weighted by atomic mass is 31.2. The largest absolute Gasteiger partial charge is 0.399 e. The van der Waals surface area contributed by atoms with Crippen LogP contribution in [0.15, 0.2) is 24.3 Å². The van der Waals surface area contributed by atoms with Gasteiger partial charge in [-0.3, -0.25) is 9.36 Å². The van der Waals surface area contributed by atoms with E-state index in [0.29, 0.717) is 12.0 Å². The summed E-state index contributed by atoms with van der Waals surface area (Å²) in [5.41, 5.74) is 0.0744. The van der Waals surface area contributed by atoms with Gasteiger partial charge in [0, 0.05) is 5.56 Å². The third kappa shape index (κ3) is 3.01. The van der Waals surface area contributed by atoms with Crippen molar-refractivity contribution in [1.82, 2.24) is 0 Å². The lowest BCUT2D eigenvalue weighted by Gasteiger charge is -2.11. The predicted octanol–water partition coefficient (Wildman–Crippen LogP) is 2.75. The Bertz CT molecular complexity index is 428. The van der Waals surface area contributed by atoms with E-state index in [-0.39, 0.29) is 12.2 Å². The second-order valence-electron chi connectivity index (χ2n) is 3.47. The van der Waals surface area contributed by atoms with Crippen molar-refractivity contribution in [2.45, 2.75) is 20.3 Å². The Kier molecular flexibility index (Phi) is 4.42. The normalized spacial score (nSPS) is 14.4. The van der Waals surface area contributed by atoms with Gasteiger partial charge in [0.2, 0.25) is 0 Å². The molecule has 0 heterocycles. The van der Waals surface area contributed by atoms with Gasteiger partial charge in [0.05, 0.1) is 6.61 Å². The minimum absolute atomic E-state index is 0.103. The molecule has 88 valence electrons. The molecule has 0 saturated heterocycles.